The molecule has 29 heavy (non-hydrogen) atoms. The SMILES string of the molecule is O=C(NCc1ccccc1)c1cc(F)cnc1Oc1ccc(C2CCCC2)cc1. The minimum absolute atomic E-state index is 0.0702. The molecule has 0 saturated heterocycles. The van der Waals surface area contributed by atoms with Crippen molar-refractivity contribution in [2.75, 3.05) is 0 Å². The van der Waals surface area contributed by atoms with Crippen LogP contribution in [0.4, 0.5) is 4.39 Å². The number of carbonyl (C=O) groups is 1. The number of benzene rings is 2. The van der Waals surface area contributed by atoms with E-state index in [9.17, 15) is 9.18 Å². The Morgan fingerprint density at radius 2 is 1.79 bits per heavy atom. The lowest BCUT2D eigenvalue weighted by Gasteiger charge is -2.13. The zero-order valence-corrected chi connectivity index (χ0v) is 16.1. The summed E-state index contributed by atoms with van der Waals surface area (Å²) in [6, 6.07) is 18.6. The summed E-state index contributed by atoms with van der Waals surface area (Å²) in [5, 5.41) is 2.79. The van der Waals surface area contributed by atoms with Gasteiger partial charge in [-0.1, -0.05) is 55.3 Å². The van der Waals surface area contributed by atoms with Crippen molar-refractivity contribution in [3.8, 4) is 11.6 Å². The van der Waals surface area contributed by atoms with E-state index in [2.05, 4.69) is 22.4 Å². The molecule has 1 aromatic heterocycles. The van der Waals surface area contributed by atoms with Gasteiger partial charge in [0.25, 0.3) is 5.91 Å². The van der Waals surface area contributed by atoms with Gasteiger partial charge < -0.3 is 10.1 Å². The second-order valence-corrected chi connectivity index (χ2v) is 7.33. The normalized spacial score (nSPS) is 14.0. The van der Waals surface area contributed by atoms with Crippen LogP contribution in [-0.4, -0.2) is 10.9 Å². The third-order valence-corrected chi connectivity index (χ3v) is 5.28. The lowest BCUT2D eigenvalue weighted by molar-refractivity contribution is 0.0947. The van der Waals surface area contributed by atoms with Gasteiger partial charge in [-0.3, -0.25) is 4.79 Å². The molecule has 4 rings (SSSR count). The number of aromatic nitrogens is 1. The molecule has 0 bridgehead atoms. The van der Waals surface area contributed by atoms with Crippen LogP contribution in [0.15, 0.2) is 66.9 Å². The van der Waals surface area contributed by atoms with Gasteiger partial charge in [-0.15, -0.1) is 0 Å². The highest BCUT2D eigenvalue weighted by Crippen LogP contribution is 2.35. The molecule has 0 aliphatic heterocycles. The van der Waals surface area contributed by atoms with Crippen LogP contribution in [-0.2, 0) is 6.54 Å². The highest BCUT2D eigenvalue weighted by Gasteiger charge is 2.18. The molecule has 1 N–H and O–H groups in total. The predicted octanol–water partition coefficient (Wildman–Crippen LogP) is 5.60. The summed E-state index contributed by atoms with van der Waals surface area (Å²) < 4.78 is 19.6. The standard InChI is InChI=1S/C24H23FN2O2/c25-20-14-22(23(28)26-15-17-6-2-1-3-7-17)24(27-16-20)29-21-12-10-19(11-13-21)18-8-4-5-9-18/h1-3,6-7,10-14,16,18H,4-5,8-9,15H2,(H,26,28). The van der Waals surface area contributed by atoms with Crippen molar-refractivity contribution in [3.63, 3.8) is 0 Å². The van der Waals surface area contributed by atoms with Gasteiger partial charge in [0.05, 0.1) is 6.20 Å². The Bertz CT molecular complexity index is 968. The second kappa shape index (κ2) is 8.86. The molecule has 1 fully saturated rings. The predicted molar refractivity (Wildman–Crippen MR) is 110 cm³/mol. The van der Waals surface area contributed by atoms with Gasteiger partial charge in [0.15, 0.2) is 0 Å². The first-order valence-corrected chi connectivity index (χ1v) is 9.94. The fourth-order valence-corrected chi connectivity index (χ4v) is 3.72. The Balaban J connectivity index is 1.48. The highest BCUT2D eigenvalue weighted by atomic mass is 19.1. The molecule has 1 amide bonds. The molecule has 4 nitrogen and oxygen atoms in total. The topological polar surface area (TPSA) is 51.2 Å². The molecule has 5 heteroatoms. The molecule has 1 saturated carbocycles. The lowest BCUT2D eigenvalue weighted by atomic mass is 9.98. The first-order valence-electron chi connectivity index (χ1n) is 9.94. The highest BCUT2D eigenvalue weighted by molar-refractivity contribution is 5.96. The molecular formula is C24H23FN2O2. The number of halogens is 1. The first-order chi connectivity index (χ1) is 14.2. The van der Waals surface area contributed by atoms with Gasteiger partial charge in [-0.05, 0) is 48.1 Å². The number of hydrogen-bond acceptors (Lipinski definition) is 3. The smallest absolute Gasteiger partial charge is 0.257 e. The van der Waals surface area contributed by atoms with Crippen LogP contribution in [0, 0.1) is 5.82 Å². The Kier molecular flexibility index (Phi) is 5.84. The molecule has 0 unspecified atom stereocenters. The van der Waals surface area contributed by atoms with E-state index in [-0.39, 0.29) is 11.4 Å². The van der Waals surface area contributed by atoms with E-state index in [0.717, 1.165) is 17.8 Å². The fraction of sp³-hybridized carbons (Fsp3) is 0.250. The first kappa shape index (κ1) is 19.1. The van der Waals surface area contributed by atoms with Crippen LogP contribution < -0.4 is 10.1 Å². The Morgan fingerprint density at radius 1 is 1.07 bits per heavy atom. The molecule has 0 atom stereocenters. The van der Waals surface area contributed by atoms with Gasteiger partial charge in [0.1, 0.15) is 17.1 Å². The maximum Gasteiger partial charge on any atom is 0.257 e. The molecule has 1 aliphatic rings. The minimum atomic E-state index is -0.584. The van der Waals surface area contributed by atoms with Crippen molar-refractivity contribution in [1.82, 2.24) is 10.3 Å². The van der Waals surface area contributed by atoms with Crippen LogP contribution >= 0.6 is 0 Å². The monoisotopic (exact) mass is 390 g/mol. The number of pyridine rings is 1. The van der Waals surface area contributed by atoms with E-state index in [1.165, 1.54) is 31.2 Å². The largest absolute Gasteiger partial charge is 0.438 e. The van der Waals surface area contributed by atoms with Gasteiger partial charge in [0.2, 0.25) is 5.88 Å². The van der Waals surface area contributed by atoms with E-state index in [4.69, 9.17) is 4.74 Å². The van der Waals surface area contributed by atoms with Crippen molar-refractivity contribution in [2.45, 2.75) is 38.1 Å². The Hall–Kier alpha value is -3.21. The van der Waals surface area contributed by atoms with Crippen LogP contribution in [0.2, 0.25) is 0 Å². The van der Waals surface area contributed by atoms with Crippen LogP contribution in [0.25, 0.3) is 0 Å². The van der Waals surface area contributed by atoms with Crippen molar-refractivity contribution < 1.29 is 13.9 Å². The molecule has 2 aromatic carbocycles. The van der Waals surface area contributed by atoms with Crippen molar-refractivity contribution in [1.29, 1.82) is 0 Å². The maximum absolute atomic E-state index is 13.7. The average molecular weight is 390 g/mol. The van der Waals surface area contributed by atoms with Crippen molar-refractivity contribution in [2.24, 2.45) is 0 Å². The Morgan fingerprint density at radius 3 is 2.52 bits per heavy atom. The number of hydrogen-bond donors (Lipinski definition) is 1. The molecule has 148 valence electrons. The maximum atomic E-state index is 13.7. The summed E-state index contributed by atoms with van der Waals surface area (Å²) in [4.78, 5) is 16.6. The van der Waals surface area contributed by atoms with Crippen LogP contribution in [0.3, 0.4) is 0 Å². The van der Waals surface area contributed by atoms with Crippen molar-refractivity contribution >= 4 is 5.91 Å². The van der Waals surface area contributed by atoms with Gasteiger partial charge in [-0.25, -0.2) is 9.37 Å². The van der Waals surface area contributed by atoms with Crippen molar-refractivity contribution in [3.05, 3.63) is 89.4 Å². The zero-order valence-electron chi connectivity index (χ0n) is 16.1. The van der Waals surface area contributed by atoms with Gasteiger partial charge >= 0.3 is 0 Å². The molecule has 3 aromatic rings. The molecule has 1 heterocycles. The van der Waals surface area contributed by atoms with Gasteiger partial charge in [-0.2, -0.15) is 0 Å². The lowest BCUT2D eigenvalue weighted by Crippen LogP contribution is -2.23. The number of nitrogens with one attached hydrogen (secondary N) is 1. The summed E-state index contributed by atoms with van der Waals surface area (Å²) >= 11 is 0. The fourth-order valence-electron chi connectivity index (χ4n) is 3.72. The summed E-state index contributed by atoms with van der Waals surface area (Å²) in [7, 11) is 0. The molecule has 0 spiro atoms. The minimum Gasteiger partial charge on any atom is -0.438 e. The third-order valence-electron chi connectivity index (χ3n) is 5.28. The molecule has 1 aliphatic carbocycles. The number of ether oxygens (including phenoxy) is 1. The zero-order chi connectivity index (χ0) is 20.1. The summed E-state index contributed by atoms with van der Waals surface area (Å²) in [6.07, 6.45) is 6.07. The quantitative estimate of drug-likeness (QED) is 0.596. The molecule has 0 radical (unpaired) electrons. The van der Waals surface area contributed by atoms with E-state index in [0.29, 0.717) is 18.2 Å². The number of nitrogens with zero attached hydrogens (tertiary/aromatic N) is 1. The number of rotatable bonds is 6. The van der Waals surface area contributed by atoms with E-state index >= 15 is 0 Å². The third kappa shape index (κ3) is 4.80. The van der Waals surface area contributed by atoms with E-state index in [1.54, 1.807) is 0 Å². The number of amides is 1. The van der Waals surface area contributed by atoms with E-state index < -0.39 is 11.7 Å². The summed E-state index contributed by atoms with van der Waals surface area (Å²) in [5.74, 6) is 0.262. The number of carbonyl (C=O) groups excluding carboxylic acids is 1. The Labute approximate surface area is 169 Å². The summed E-state index contributed by atoms with van der Waals surface area (Å²) in [6.45, 7) is 0.339. The summed E-state index contributed by atoms with van der Waals surface area (Å²) in [5.41, 5.74) is 2.33. The molecular weight excluding hydrogens is 367 g/mol. The second-order valence-electron chi connectivity index (χ2n) is 7.33. The van der Waals surface area contributed by atoms with Crippen LogP contribution in [0.1, 0.15) is 53.1 Å². The van der Waals surface area contributed by atoms with Gasteiger partial charge in [0, 0.05) is 6.54 Å². The average Bonchev–Trinajstić information content (AvgIpc) is 3.29. The van der Waals surface area contributed by atoms with Crippen LogP contribution in [0.5, 0.6) is 11.6 Å². The van der Waals surface area contributed by atoms with E-state index in [1.807, 2.05) is 42.5 Å².